The summed E-state index contributed by atoms with van der Waals surface area (Å²) >= 11 is 0. The molecule has 0 aromatic heterocycles. The van der Waals surface area contributed by atoms with E-state index in [0.29, 0.717) is 29.4 Å². The van der Waals surface area contributed by atoms with Crippen LogP contribution in [0.4, 0.5) is 34.1 Å². The Morgan fingerprint density at radius 3 is 1.78 bits per heavy atom. The molecular formula is C22H23N5O11S3. The summed E-state index contributed by atoms with van der Waals surface area (Å²) in [4.78, 5) is 10.6. The van der Waals surface area contributed by atoms with Gasteiger partial charge in [-0.05, 0) is 55.6 Å². The molecule has 0 fully saturated rings. The highest BCUT2D eigenvalue weighted by atomic mass is 32.2. The monoisotopic (exact) mass is 629 g/mol. The fourth-order valence-electron chi connectivity index (χ4n) is 3.19. The summed E-state index contributed by atoms with van der Waals surface area (Å²) in [5, 5.41) is 20.8. The molecule has 16 nitrogen and oxygen atoms in total. The third kappa shape index (κ3) is 8.19. The molecule has 41 heavy (non-hydrogen) atoms. The van der Waals surface area contributed by atoms with Gasteiger partial charge in [-0.25, -0.2) is 0 Å². The number of aryl methyl sites for hydroxylation is 1. The van der Waals surface area contributed by atoms with Crippen molar-refractivity contribution in [3.8, 4) is 0 Å². The summed E-state index contributed by atoms with van der Waals surface area (Å²) in [5.41, 5.74) is -1.74. The van der Waals surface area contributed by atoms with E-state index in [0.717, 1.165) is 12.1 Å². The van der Waals surface area contributed by atoms with Gasteiger partial charge in [-0.3, -0.25) is 28.8 Å². The third-order valence-electron chi connectivity index (χ3n) is 4.97. The van der Waals surface area contributed by atoms with Gasteiger partial charge in [0.15, 0.2) is 0 Å². The van der Waals surface area contributed by atoms with Crippen LogP contribution in [-0.4, -0.2) is 50.6 Å². The number of hydrogen-bond acceptors (Lipinski definition) is 12. The van der Waals surface area contributed by atoms with E-state index in [2.05, 4.69) is 27.3 Å². The first kappa shape index (κ1) is 33.1. The number of non-ortho nitro benzene ring substituents is 1. The van der Waals surface area contributed by atoms with Crippen LogP contribution in [0.2, 0.25) is 0 Å². The molecule has 0 radical (unpaired) electrons. The van der Waals surface area contributed by atoms with Gasteiger partial charge in [-0.1, -0.05) is 13.8 Å². The number of aliphatic imine (C=N–C) groups is 1. The first-order valence-electron chi connectivity index (χ1n) is 11.1. The molecule has 0 saturated carbocycles. The van der Waals surface area contributed by atoms with Crippen LogP contribution in [0.1, 0.15) is 19.4 Å². The van der Waals surface area contributed by atoms with Crippen LogP contribution in [0.3, 0.4) is 0 Å². The lowest BCUT2D eigenvalue weighted by molar-refractivity contribution is -0.385. The highest BCUT2D eigenvalue weighted by Gasteiger charge is 2.27. The molecule has 0 saturated heterocycles. The predicted octanol–water partition coefficient (Wildman–Crippen LogP) is 5.16. The molecule has 3 aromatic rings. The van der Waals surface area contributed by atoms with Gasteiger partial charge in [0.25, 0.3) is 36.0 Å². The molecule has 0 amide bonds. The van der Waals surface area contributed by atoms with Crippen LogP contribution in [0.5, 0.6) is 0 Å². The largest absolute Gasteiger partial charge is 0.353 e. The molecule has 3 aromatic carbocycles. The van der Waals surface area contributed by atoms with E-state index in [1.807, 2.05) is 13.8 Å². The molecule has 0 unspecified atom stereocenters. The Morgan fingerprint density at radius 1 is 0.756 bits per heavy atom. The van der Waals surface area contributed by atoms with Gasteiger partial charge >= 0.3 is 0 Å². The number of rotatable bonds is 9. The zero-order chi connectivity index (χ0) is 31.3. The second kappa shape index (κ2) is 12.6. The first-order chi connectivity index (χ1) is 18.9. The number of azo groups is 1. The molecule has 0 bridgehead atoms. The fraction of sp³-hybridized carbons (Fsp3) is 0.136. The number of nitrogens with one attached hydrogen (secondary N) is 1. The van der Waals surface area contributed by atoms with Crippen molar-refractivity contribution in [1.82, 2.24) is 0 Å². The predicted molar refractivity (Wildman–Crippen MR) is 148 cm³/mol. The maximum absolute atomic E-state index is 12.1. The Bertz CT molecular complexity index is 1870. The Labute approximate surface area is 234 Å². The molecule has 19 heteroatoms. The summed E-state index contributed by atoms with van der Waals surface area (Å²) in [5.74, 6) is 0. The number of nitrogens with zero attached hydrogens (tertiary/aromatic N) is 4. The normalized spacial score (nSPS) is 12.0. The summed E-state index contributed by atoms with van der Waals surface area (Å²) < 4.78 is 101. The molecule has 0 atom stereocenters. The molecule has 3 rings (SSSR count). The zero-order valence-corrected chi connectivity index (χ0v) is 23.9. The van der Waals surface area contributed by atoms with Crippen molar-refractivity contribution < 1.29 is 43.8 Å². The molecule has 0 spiro atoms. The second-order valence-corrected chi connectivity index (χ2v) is 11.8. The van der Waals surface area contributed by atoms with Gasteiger partial charge in [0, 0.05) is 12.1 Å². The van der Waals surface area contributed by atoms with Crippen LogP contribution in [0, 0.1) is 17.0 Å². The van der Waals surface area contributed by atoms with Crippen LogP contribution >= 0.6 is 0 Å². The Kier molecular flexibility index (Phi) is 10.1. The Morgan fingerprint density at radius 2 is 1.29 bits per heavy atom. The molecule has 0 aliphatic carbocycles. The Hall–Kier alpha value is -4.14. The van der Waals surface area contributed by atoms with Crippen molar-refractivity contribution in [2.75, 3.05) is 5.32 Å². The standard InChI is InChI=1S/C20H17N5O11S3.C2H6/c1-11-7-12(21-2)3-5-14(11)23-24-17-10-19(38(31,32)33)16(9-20(17)39(34,35)36)22-15-6-4-13(25(26)27)8-18(15)37(28,29)30;1-2/h3-10,22H,2H2,1H3,(H,28,29,30)(H,31,32,33)(H,34,35,36);1-2H3. The summed E-state index contributed by atoms with van der Waals surface area (Å²) in [6, 6.07) is 7.57. The average Bonchev–Trinajstić information content (AvgIpc) is 2.87. The zero-order valence-electron chi connectivity index (χ0n) is 21.4. The van der Waals surface area contributed by atoms with Gasteiger partial charge < -0.3 is 5.32 Å². The topological polar surface area (TPSA) is 255 Å². The Balaban J connectivity index is 0.00000287. The van der Waals surface area contributed by atoms with Gasteiger partial charge in [0.05, 0.1) is 27.7 Å². The molecule has 0 aliphatic heterocycles. The molecule has 220 valence electrons. The maximum Gasteiger partial charge on any atom is 0.296 e. The van der Waals surface area contributed by atoms with Gasteiger partial charge in [0.2, 0.25) is 0 Å². The highest BCUT2D eigenvalue weighted by Crippen LogP contribution is 2.38. The average molecular weight is 630 g/mol. The smallest absolute Gasteiger partial charge is 0.296 e. The minimum Gasteiger partial charge on any atom is -0.353 e. The quantitative estimate of drug-likeness (QED) is 0.0786. The lowest BCUT2D eigenvalue weighted by atomic mass is 10.2. The van der Waals surface area contributed by atoms with Crippen LogP contribution < -0.4 is 5.32 Å². The molecule has 0 aliphatic rings. The van der Waals surface area contributed by atoms with E-state index in [-0.39, 0.29) is 5.69 Å². The van der Waals surface area contributed by atoms with E-state index in [9.17, 15) is 49.0 Å². The number of benzene rings is 3. The number of anilines is 2. The van der Waals surface area contributed by atoms with Crippen molar-refractivity contribution in [3.05, 3.63) is 64.2 Å². The van der Waals surface area contributed by atoms with Gasteiger partial charge in [-0.2, -0.15) is 30.4 Å². The van der Waals surface area contributed by atoms with Crippen molar-refractivity contribution in [1.29, 1.82) is 0 Å². The lowest BCUT2D eigenvalue weighted by Gasteiger charge is -2.15. The molecular weight excluding hydrogens is 606 g/mol. The van der Waals surface area contributed by atoms with E-state index < -0.39 is 72.7 Å². The van der Waals surface area contributed by atoms with E-state index in [1.165, 1.54) is 12.1 Å². The van der Waals surface area contributed by atoms with Crippen molar-refractivity contribution in [3.63, 3.8) is 0 Å². The maximum atomic E-state index is 12.1. The van der Waals surface area contributed by atoms with Crippen LogP contribution in [0.15, 0.2) is 78.4 Å². The van der Waals surface area contributed by atoms with E-state index in [1.54, 1.807) is 13.0 Å². The van der Waals surface area contributed by atoms with Crippen molar-refractivity contribution in [2.24, 2.45) is 15.2 Å². The first-order valence-corrected chi connectivity index (χ1v) is 15.4. The summed E-state index contributed by atoms with van der Waals surface area (Å²) in [7, 11) is -15.5. The SMILES string of the molecule is C=Nc1ccc(N=Nc2cc(S(=O)(=O)O)c(Nc3ccc([N+](=O)[O-])cc3S(=O)(=O)O)cc2S(=O)(=O)O)c(C)c1.CC. The highest BCUT2D eigenvalue weighted by molar-refractivity contribution is 7.86. The van der Waals surface area contributed by atoms with Crippen LogP contribution in [0.25, 0.3) is 0 Å². The van der Waals surface area contributed by atoms with Crippen LogP contribution in [-0.2, 0) is 30.4 Å². The minimum absolute atomic E-state index is 0.197. The van der Waals surface area contributed by atoms with E-state index in [4.69, 9.17) is 0 Å². The van der Waals surface area contributed by atoms with Crippen molar-refractivity contribution >= 4 is 71.2 Å². The number of hydrogen-bond donors (Lipinski definition) is 4. The molecule has 0 heterocycles. The van der Waals surface area contributed by atoms with Gasteiger partial charge in [-0.15, -0.1) is 5.11 Å². The summed E-state index contributed by atoms with van der Waals surface area (Å²) in [6.07, 6.45) is 0. The minimum atomic E-state index is -5.19. The lowest BCUT2D eigenvalue weighted by Crippen LogP contribution is -2.09. The van der Waals surface area contributed by atoms with Crippen molar-refractivity contribution in [2.45, 2.75) is 35.5 Å². The van der Waals surface area contributed by atoms with Gasteiger partial charge in [0.1, 0.15) is 20.4 Å². The van der Waals surface area contributed by atoms with E-state index >= 15 is 0 Å². The molecule has 4 N–H and O–H groups in total. The number of nitro groups is 1. The fourth-order valence-corrected chi connectivity index (χ4v) is 5.14. The third-order valence-corrected chi connectivity index (χ3v) is 7.64. The second-order valence-electron chi connectivity index (χ2n) is 7.63. The number of nitro benzene ring substituents is 1. The summed E-state index contributed by atoms with van der Waals surface area (Å²) in [6.45, 7) is 8.98.